The molecule has 2 unspecified atom stereocenters. The van der Waals surface area contributed by atoms with Crippen molar-refractivity contribution in [2.24, 2.45) is 0 Å². The van der Waals surface area contributed by atoms with E-state index >= 15 is 0 Å². The highest BCUT2D eigenvalue weighted by molar-refractivity contribution is 7.13. The normalized spacial score (nSPS) is 17.8. The summed E-state index contributed by atoms with van der Waals surface area (Å²) in [6, 6.07) is 18.8. The topological polar surface area (TPSA) is 57.3 Å². The lowest BCUT2D eigenvalue weighted by Gasteiger charge is -2.37. The van der Waals surface area contributed by atoms with Crippen LogP contribution in [-0.2, 0) is 6.42 Å². The Morgan fingerprint density at radius 3 is 2.72 bits per heavy atom. The van der Waals surface area contributed by atoms with Crippen LogP contribution in [0.4, 0.5) is 0 Å². The van der Waals surface area contributed by atoms with Crippen molar-refractivity contribution < 1.29 is 4.79 Å². The maximum Gasteiger partial charge on any atom is 0.272 e. The standard InChI is InChI=1S/C21H24N4OS.2ClH/c1-15(23-21(26)20-18-9-5-6-10-19(18)27-24-20)25-12-11-22-17(14-25)13-16-7-3-2-4-8-16;;/h2-10,15,17,22H,11-14H2,1H3,(H,23,26);2*1H. The number of carbonyl (C=O) groups excluding carboxylic acids is 1. The Labute approximate surface area is 187 Å². The van der Waals surface area contributed by atoms with Gasteiger partial charge in [0.05, 0.1) is 10.9 Å². The molecule has 2 atom stereocenters. The summed E-state index contributed by atoms with van der Waals surface area (Å²) in [6.07, 6.45) is 0.965. The SMILES string of the molecule is CC(NC(=O)c1nsc2ccccc12)N1CCNC(Cc2ccccc2)C1.Cl.Cl. The lowest BCUT2D eigenvalue weighted by atomic mass is 10.0. The Bertz CT molecular complexity index is 921. The smallest absolute Gasteiger partial charge is 0.272 e. The molecule has 1 aliphatic rings. The quantitative estimate of drug-likeness (QED) is 0.618. The van der Waals surface area contributed by atoms with E-state index in [-0.39, 0.29) is 36.9 Å². The molecular formula is C21H26Cl2N4OS. The fourth-order valence-electron chi connectivity index (χ4n) is 3.64. The van der Waals surface area contributed by atoms with Gasteiger partial charge in [0.15, 0.2) is 0 Å². The van der Waals surface area contributed by atoms with Gasteiger partial charge in [-0.25, -0.2) is 0 Å². The van der Waals surface area contributed by atoms with Gasteiger partial charge in [-0.2, -0.15) is 4.37 Å². The summed E-state index contributed by atoms with van der Waals surface area (Å²) in [5.41, 5.74) is 1.86. The molecule has 0 radical (unpaired) electrons. The predicted molar refractivity (Wildman–Crippen MR) is 125 cm³/mol. The zero-order chi connectivity index (χ0) is 18.6. The number of fused-ring (bicyclic) bond motifs is 1. The molecule has 0 saturated carbocycles. The van der Waals surface area contributed by atoms with E-state index in [1.165, 1.54) is 17.1 Å². The molecule has 1 fully saturated rings. The second-order valence-corrected chi connectivity index (χ2v) is 7.82. The van der Waals surface area contributed by atoms with Crippen molar-refractivity contribution >= 4 is 52.3 Å². The van der Waals surface area contributed by atoms with E-state index < -0.39 is 0 Å². The molecule has 4 rings (SSSR count). The molecule has 8 heteroatoms. The number of hydrogen-bond acceptors (Lipinski definition) is 5. The highest BCUT2D eigenvalue weighted by Gasteiger charge is 2.25. The first kappa shape index (κ1) is 23.6. The molecule has 0 aliphatic carbocycles. The monoisotopic (exact) mass is 452 g/mol. The van der Waals surface area contributed by atoms with Gasteiger partial charge >= 0.3 is 0 Å². The maximum atomic E-state index is 12.7. The first-order valence-electron chi connectivity index (χ1n) is 9.37. The molecule has 2 heterocycles. The van der Waals surface area contributed by atoms with Gasteiger partial charge in [-0.3, -0.25) is 9.69 Å². The summed E-state index contributed by atoms with van der Waals surface area (Å²) in [4.78, 5) is 15.1. The van der Waals surface area contributed by atoms with Crippen molar-refractivity contribution in [3.63, 3.8) is 0 Å². The average molecular weight is 453 g/mol. The van der Waals surface area contributed by atoms with Crippen LogP contribution in [0.1, 0.15) is 23.0 Å². The van der Waals surface area contributed by atoms with Gasteiger partial charge in [0, 0.05) is 31.1 Å². The zero-order valence-corrected chi connectivity index (χ0v) is 18.7. The third kappa shape index (κ3) is 5.68. The number of aromatic nitrogens is 1. The van der Waals surface area contributed by atoms with Crippen LogP contribution in [0.2, 0.25) is 0 Å². The molecule has 1 saturated heterocycles. The number of piperazine rings is 1. The molecule has 2 aromatic carbocycles. The molecule has 1 amide bonds. The van der Waals surface area contributed by atoms with E-state index in [2.05, 4.69) is 51.1 Å². The highest BCUT2D eigenvalue weighted by atomic mass is 35.5. The van der Waals surface area contributed by atoms with Crippen molar-refractivity contribution in [3.05, 3.63) is 65.9 Å². The number of hydrogen-bond donors (Lipinski definition) is 2. The summed E-state index contributed by atoms with van der Waals surface area (Å²) in [5, 5.41) is 7.65. The number of rotatable bonds is 5. The van der Waals surface area contributed by atoms with Gasteiger partial charge in [0.1, 0.15) is 5.69 Å². The zero-order valence-electron chi connectivity index (χ0n) is 16.2. The number of nitrogens with zero attached hydrogens (tertiary/aromatic N) is 2. The molecule has 3 aromatic rings. The van der Waals surface area contributed by atoms with Crippen LogP contribution >= 0.6 is 36.3 Å². The number of halogens is 2. The average Bonchev–Trinajstić information content (AvgIpc) is 3.13. The second-order valence-electron chi connectivity index (χ2n) is 7.01. The summed E-state index contributed by atoms with van der Waals surface area (Å²) < 4.78 is 5.41. The van der Waals surface area contributed by atoms with E-state index in [4.69, 9.17) is 0 Å². The molecule has 1 aliphatic heterocycles. The van der Waals surface area contributed by atoms with Gasteiger partial charge in [-0.1, -0.05) is 48.5 Å². The first-order chi connectivity index (χ1) is 13.2. The highest BCUT2D eigenvalue weighted by Crippen LogP contribution is 2.22. The Morgan fingerprint density at radius 1 is 1.21 bits per heavy atom. The van der Waals surface area contributed by atoms with Crippen molar-refractivity contribution in [2.45, 2.75) is 25.6 Å². The molecule has 156 valence electrons. The Balaban J connectivity index is 0.00000150. The lowest BCUT2D eigenvalue weighted by Crippen LogP contribution is -2.58. The van der Waals surface area contributed by atoms with E-state index in [0.29, 0.717) is 11.7 Å². The van der Waals surface area contributed by atoms with E-state index in [9.17, 15) is 4.79 Å². The molecule has 5 nitrogen and oxygen atoms in total. The van der Waals surface area contributed by atoms with Crippen LogP contribution in [0.3, 0.4) is 0 Å². The van der Waals surface area contributed by atoms with Crippen LogP contribution in [0.15, 0.2) is 54.6 Å². The second kappa shape index (κ2) is 10.9. The third-order valence-electron chi connectivity index (χ3n) is 5.09. The minimum atomic E-state index is -0.0990. The number of nitrogens with one attached hydrogen (secondary N) is 2. The van der Waals surface area contributed by atoms with E-state index in [0.717, 1.165) is 36.1 Å². The molecule has 2 N–H and O–H groups in total. The van der Waals surface area contributed by atoms with Crippen LogP contribution in [0, 0.1) is 0 Å². The van der Waals surface area contributed by atoms with E-state index in [1.807, 2.05) is 30.3 Å². The van der Waals surface area contributed by atoms with Gasteiger partial charge < -0.3 is 10.6 Å². The third-order valence-corrected chi connectivity index (χ3v) is 5.92. The maximum absolute atomic E-state index is 12.7. The van der Waals surface area contributed by atoms with Gasteiger partial charge in [0.25, 0.3) is 5.91 Å². The molecule has 0 bridgehead atoms. The van der Waals surface area contributed by atoms with Crippen molar-refractivity contribution in [1.29, 1.82) is 0 Å². The van der Waals surface area contributed by atoms with Crippen LogP contribution < -0.4 is 10.6 Å². The molecule has 0 spiro atoms. The van der Waals surface area contributed by atoms with Gasteiger partial charge in [-0.15, -0.1) is 24.8 Å². The summed E-state index contributed by atoms with van der Waals surface area (Å²) in [5.74, 6) is -0.0990. The number of benzene rings is 2. The fraction of sp³-hybridized carbons (Fsp3) is 0.333. The van der Waals surface area contributed by atoms with Crippen LogP contribution in [0.25, 0.3) is 10.1 Å². The minimum Gasteiger partial charge on any atom is -0.335 e. The van der Waals surface area contributed by atoms with Gasteiger partial charge in [0.2, 0.25) is 0 Å². The molecular weight excluding hydrogens is 427 g/mol. The Kier molecular flexibility index (Phi) is 8.86. The Hall–Kier alpha value is -1.70. The first-order valence-corrected chi connectivity index (χ1v) is 10.1. The largest absolute Gasteiger partial charge is 0.335 e. The van der Waals surface area contributed by atoms with Crippen molar-refractivity contribution in [2.75, 3.05) is 19.6 Å². The minimum absolute atomic E-state index is 0. The predicted octanol–water partition coefficient (Wildman–Crippen LogP) is 3.73. The summed E-state index contributed by atoms with van der Waals surface area (Å²) in [6.45, 7) is 4.81. The van der Waals surface area contributed by atoms with Crippen molar-refractivity contribution in [1.82, 2.24) is 19.9 Å². The summed E-state index contributed by atoms with van der Waals surface area (Å²) >= 11 is 1.37. The number of amides is 1. The fourth-order valence-corrected chi connectivity index (χ4v) is 4.41. The van der Waals surface area contributed by atoms with E-state index in [1.54, 1.807) is 0 Å². The summed E-state index contributed by atoms with van der Waals surface area (Å²) in [7, 11) is 0. The van der Waals surface area contributed by atoms with Gasteiger partial charge in [-0.05, 0) is 36.5 Å². The molecule has 1 aromatic heterocycles. The Morgan fingerprint density at radius 2 is 1.93 bits per heavy atom. The van der Waals surface area contributed by atoms with Crippen molar-refractivity contribution in [3.8, 4) is 0 Å². The molecule has 29 heavy (non-hydrogen) atoms. The van der Waals surface area contributed by atoms with Crippen LogP contribution in [0.5, 0.6) is 0 Å². The lowest BCUT2D eigenvalue weighted by molar-refractivity contribution is 0.0815. The number of carbonyl (C=O) groups is 1. The van der Waals surface area contributed by atoms with Crippen LogP contribution in [-0.4, -0.2) is 47.0 Å².